The van der Waals surface area contributed by atoms with Crippen LogP contribution in [0.15, 0.2) is 6.33 Å². The highest BCUT2D eigenvalue weighted by Crippen LogP contribution is 2.29. The lowest BCUT2D eigenvalue weighted by atomic mass is 10.1. The molecule has 0 spiro atoms. The van der Waals surface area contributed by atoms with Crippen LogP contribution in [0, 0.1) is 13.8 Å². The van der Waals surface area contributed by atoms with E-state index in [0.29, 0.717) is 11.8 Å². The standard InChI is InChI=1S/C17H26N6/c1-12-10-21(8-9-22(12)15-6-4-5-7-15)16-13(2)14(3)20-17-18-11-19-23(16)17/h11-12,15H,4-10H2,1-3H3. The van der Waals surface area contributed by atoms with E-state index < -0.39 is 0 Å². The molecule has 1 unspecified atom stereocenters. The third kappa shape index (κ3) is 2.49. The predicted octanol–water partition coefficient (Wildman–Crippen LogP) is 2.19. The van der Waals surface area contributed by atoms with Gasteiger partial charge in [0, 0.05) is 43.0 Å². The molecule has 0 radical (unpaired) electrons. The maximum atomic E-state index is 4.54. The molecule has 6 nitrogen and oxygen atoms in total. The Kier molecular flexibility index (Phi) is 3.71. The van der Waals surface area contributed by atoms with E-state index in [1.807, 2.05) is 4.52 Å². The van der Waals surface area contributed by atoms with Crippen LogP contribution in [0.5, 0.6) is 0 Å². The molecule has 0 aromatic carbocycles. The van der Waals surface area contributed by atoms with E-state index in [1.54, 1.807) is 6.33 Å². The largest absolute Gasteiger partial charge is 0.353 e. The van der Waals surface area contributed by atoms with E-state index in [4.69, 9.17) is 0 Å². The summed E-state index contributed by atoms with van der Waals surface area (Å²) in [5.41, 5.74) is 2.26. The molecule has 1 atom stereocenters. The second-order valence-corrected chi connectivity index (χ2v) is 7.09. The van der Waals surface area contributed by atoms with Gasteiger partial charge in [0.1, 0.15) is 12.1 Å². The van der Waals surface area contributed by atoms with Crippen LogP contribution in [0.3, 0.4) is 0 Å². The van der Waals surface area contributed by atoms with Gasteiger partial charge in [-0.05, 0) is 33.6 Å². The van der Waals surface area contributed by atoms with Gasteiger partial charge in [0.25, 0.3) is 5.78 Å². The number of rotatable bonds is 2. The molecule has 1 aliphatic heterocycles. The Labute approximate surface area is 137 Å². The van der Waals surface area contributed by atoms with Crippen LogP contribution in [-0.4, -0.2) is 56.2 Å². The maximum Gasteiger partial charge on any atom is 0.254 e. The highest BCUT2D eigenvalue weighted by Gasteiger charge is 2.32. The second kappa shape index (κ2) is 5.74. The fraction of sp³-hybridized carbons (Fsp3) is 0.706. The summed E-state index contributed by atoms with van der Waals surface area (Å²) in [5, 5.41) is 4.41. The molecule has 4 rings (SSSR count). The number of piperazine rings is 1. The summed E-state index contributed by atoms with van der Waals surface area (Å²) in [5.74, 6) is 1.87. The van der Waals surface area contributed by atoms with Crippen molar-refractivity contribution in [2.75, 3.05) is 24.5 Å². The van der Waals surface area contributed by atoms with E-state index in [-0.39, 0.29) is 0 Å². The molecule has 2 aromatic heterocycles. The highest BCUT2D eigenvalue weighted by molar-refractivity contribution is 5.54. The van der Waals surface area contributed by atoms with Gasteiger partial charge in [-0.3, -0.25) is 4.90 Å². The zero-order valence-electron chi connectivity index (χ0n) is 14.4. The summed E-state index contributed by atoms with van der Waals surface area (Å²) < 4.78 is 1.90. The molecule has 3 heterocycles. The lowest BCUT2D eigenvalue weighted by Gasteiger charge is -2.44. The number of hydrogen-bond donors (Lipinski definition) is 0. The zero-order valence-corrected chi connectivity index (χ0v) is 14.4. The Balaban J connectivity index is 1.62. The van der Waals surface area contributed by atoms with Crippen LogP contribution in [0.2, 0.25) is 0 Å². The molecule has 2 aliphatic rings. The molecule has 2 fully saturated rings. The smallest absolute Gasteiger partial charge is 0.254 e. The normalized spacial score (nSPS) is 24.0. The van der Waals surface area contributed by atoms with Crippen molar-refractivity contribution < 1.29 is 0 Å². The van der Waals surface area contributed by atoms with Crippen molar-refractivity contribution in [3.05, 3.63) is 17.6 Å². The molecule has 0 bridgehead atoms. The summed E-state index contributed by atoms with van der Waals surface area (Å²) >= 11 is 0. The van der Waals surface area contributed by atoms with Gasteiger partial charge in [-0.15, -0.1) is 0 Å². The van der Waals surface area contributed by atoms with Crippen molar-refractivity contribution in [1.82, 2.24) is 24.5 Å². The average Bonchev–Trinajstić information content (AvgIpc) is 3.19. The minimum atomic E-state index is 0.582. The molecule has 1 saturated carbocycles. The second-order valence-electron chi connectivity index (χ2n) is 7.09. The maximum absolute atomic E-state index is 4.54. The first-order valence-corrected chi connectivity index (χ1v) is 8.83. The van der Waals surface area contributed by atoms with Crippen molar-refractivity contribution in [2.24, 2.45) is 0 Å². The van der Waals surface area contributed by atoms with E-state index in [0.717, 1.165) is 31.4 Å². The third-order valence-corrected chi connectivity index (χ3v) is 5.65. The number of anilines is 1. The van der Waals surface area contributed by atoms with Crippen molar-refractivity contribution in [3.8, 4) is 0 Å². The van der Waals surface area contributed by atoms with E-state index in [9.17, 15) is 0 Å². The van der Waals surface area contributed by atoms with Crippen LogP contribution in [0.4, 0.5) is 5.82 Å². The Morgan fingerprint density at radius 2 is 1.91 bits per heavy atom. The first kappa shape index (κ1) is 14.9. The van der Waals surface area contributed by atoms with Gasteiger partial charge in [-0.2, -0.15) is 14.6 Å². The van der Waals surface area contributed by atoms with Gasteiger partial charge < -0.3 is 4.90 Å². The summed E-state index contributed by atoms with van der Waals surface area (Å²) in [7, 11) is 0. The molecule has 1 aliphatic carbocycles. The predicted molar refractivity (Wildman–Crippen MR) is 90.9 cm³/mol. The average molecular weight is 314 g/mol. The van der Waals surface area contributed by atoms with Gasteiger partial charge in [0.05, 0.1) is 0 Å². The molecule has 0 N–H and O–H groups in total. The Hall–Kier alpha value is -1.69. The highest BCUT2D eigenvalue weighted by atomic mass is 15.4. The van der Waals surface area contributed by atoms with Gasteiger partial charge in [-0.1, -0.05) is 12.8 Å². The number of aromatic nitrogens is 4. The van der Waals surface area contributed by atoms with Crippen LogP contribution in [0.25, 0.3) is 5.78 Å². The van der Waals surface area contributed by atoms with Crippen LogP contribution in [-0.2, 0) is 0 Å². The van der Waals surface area contributed by atoms with Gasteiger partial charge in [0.15, 0.2) is 0 Å². The van der Waals surface area contributed by atoms with Gasteiger partial charge in [0.2, 0.25) is 0 Å². The Morgan fingerprint density at radius 3 is 2.65 bits per heavy atom. The fourth-order valence-electron chi connectivity index (χ4n) is 4.33. The summed E-state index contributed by atoms with van der Waals surface area (Å²) in [6, 6.07) is 1.39. The fourth-order valence-corrected chi connectivity index (χ4v) is 4.33. The summed E-state index contributed by atoms with van der Waals surface area (Å²) in [6.07, 6.45) is 7.17. The molecule has 23 heavy (non-hydrogen) atoms. The summed E-state index contributed by atoms with van der Waals surface area (Å²) in [4.78, 5) is 14.0. The minimum Gasteiger partial charge on any atom is -0.353 e. The molecule has 1 saturated heterocycles. The molecule has 6 heteroatoms. The Morgan fingerprint density at radius 1 is 1.13 bits per heavy atom. The zero-order chi connectivity index (χ0) is 16.0. The van der Waals surface area contributed by atoms with Crippen molar-refractivity contribution >= 4 is 11.6 Å². The third-order valence-electron chi connectivity index (χ3n) is 5.65. The van der Waals surface area contributed by atoms with Gasteiger partial charge in [-0.25, -0.2) is 4.98 Å². The topological polar surface area (TPSA) is 49.6 Å². The SMILES string of the molecule is Cc1nc2ncnn2c(N2CCN(C3CCCC3)C(C)C2)c1C. The van der Waals surface area contributed by atoms with E-state index >= 15 is 0 Å². The lowest BCUT2D eigenvalue weighted by Crippen LogP contribution is -2.55. The monoisotopic (exact) mass is 314 g/mol. The molecule has 0 amide bonds. The van der Waals surface area contributed by atoms with Crippen molar-refractivity contribution in [2.45, 2.75) is 58.5 Å². The van der Waals surface area contributed by atoms with Crippen molar-refractivity contribution in [1.29, 1.82) is 0 Å². The van der Waals surface area contributed by atoms with E-state index in [1.165, 1.54) is 37.1 Å². The Bertz CT molecular complexity index is 702. The summed E-state index contributed by atoms with van der Waals surface area (Å²) in [6.45, 7) is 9.82. The minimum absolute atomic E-state index is 0.582. The molecular formula is C17H26N6. The number of hydrogen-bond acceptors (Lipinski definition) is 5. The first-order valence-electron chi connectivity index (χ1n) is 8.83. The molecular weight excluding hydrogens is 288 g/mol. The van der Waals surface area contributed by atoms with Crippen molar-refractivity contribution in [3.63, 3.8) is 0 Å². The van der Waals surface area contributed by atoms with Crippen LogP contribution in [0.1, 0.15) is 43.9 Å². The van der Waals surface area contributed by atoms with Crippen LogP contribution < -0.4 is 4.90 Å². The molecule has 2 aromatic rings. The van der Waals surface area contributed by atoms with E-state index in [2.05, 4.69) is 45.6 Å². The number of nitrogens with zero attached hydrogens (tertiary/aromatic N) is 6. The lowest BCUT2D eigenvalue weighted by molar-refractivity contribution is 0.130. The van der Waals surface area contributed by atoms with Crippen LogP contribution >= 0.6 is 0 Å². The first-order chi connectivity index (χ1) is 11.1. The quantitative estimate of drug-likeness (QED) is 0.850. The number of fused-ring (bicyclic) bond motifs is 1. The molecule has 124 valence electrons. The van der Waals surface area contributed by atoms with Gasteiger partial charge >= 0.3 is 0 Å². The number of aryl methyl sites for hydroxylation is 1.